The minimum absolute atomic E-state index is 0.233. The third-order valence-corrected chi connectivity index (χ3v) is 2.13. The monoisotopic (exact) mass is 202 g/mol. The quantitative estimate of drug-likeness (QED) is 0.709. The lowest BCUT2D eigenvalue weighted by atomic mass is 10.1. The van der Waals surface area contributed by atoms with E-state index in [4.69, 9.17) is 5.73 Å². The van der Waals surface area contributed by atoms with Crippen molar-refractivity contribution in [2.75, 3.05) is 5.73 Å². The third kappa shape index (κ3) is 1.59. The molecule has 0 aromatic carbocycles. The molecule has 2 heterocycles. The summed E-state index contributed by atoms with van der Waals surface area (Å²) in [6.45, 7) is 1.81. The standard InChI is InChI=1S/C10H10N4O/c1-6-2-3-12-9(11)7(6)8(15)10-13-4-5-14-10/h2-5H,1H3,(H2,11,12)(H,13,14). The summed E-state index contributed by atoms with van der Waals surface area (Å²) in [5.74, 6) is 0.275. The van der Waals surface area contributed by atoms with Crippen LogP contribution in [0.15, 0.2) is 24.7 Å². The van der Waals surface area contributed by atoms with Gasteiger partial charge in [-0.1, -0.05) is 0 Å². The highest BCUT2D eigenvalue weighted by atomic mass is 16.1. The fourth-order valence-electron chi connectivity index (χ4n) is 1.38. The van der Waals surface area contributed by atoms with Crippen molar-refractivity contribution in [1.82, 2.24) is 15.0 Å². The molecular weight excluding hydrogens is 192 g/mol. The van der Waals surface area contributed by atoms with E-state index in [1.165, 1.54) is 6.20 Å². The van der Waals surface area contributed by atoms with Crippen LogP contribution in [0, 0.1) is 6.92 Å². The molecule has 5 heteroatoms. The van der Waals surface area contributed by atoms with Crippen LogP contribution in [0.4, 0.5) is 5.82 Å². The highest BCUT2D eigenvalue weighted by molar-refractivity contribution is 6.10. The number of nitrogens with one attached hydrogen (secondary N) is 1. The summed E-state index contributed by atoms with van der Waals surface area (Å²) in [5.41, 5.74) is 6.86. The molecular formula is C10H10N4O. The number of H-pyrrole nitrogens is 1. The molecule has 0 radical (unpaired) electrons. The summed E-state index contributed by atoms with van der Waals surface area (Å²) in [5, 5.41) is 0. The number of anilines is 1. The normalized spacial score (nSPS) is 10.2. The smallest absolute Gasteiger partial charge is 0.232 e. The zero-order valence-corrected chi connectivity index (χ0v) is 8.19. The maximum Gasteiger partial charge on any atom is 0.232 e. The van der Waals surface area contributed by atoms with Crippen LogP contribution in [0.2, 0.25) is 0 Å². The van der Waals surface area contributed by atoms with Crippen LogP contribution >= 0.6 is 0 Å². The molecule has 0 unspecified atom stereocenters. The van der Waals surface area contributed by atoms with Crippen LogP contribution in [-0.4, -0.2) is 20.7 Å². The van der Waals surface area contributed by atoms with Crippen LogP contribution in [0.25, 0.3) is 0 Å². The second-order valence-corrected chi connectivity index (χ2v) is 3.15. The predicted octanol–water partition coefficient (Wildman–Crippen LogP) is 0.926. The Morgan fingerprint density at radius 3 is 2.80 bits per heavy atom. The Morgan fingerprint density at radius 1 is 1.40 bits per heavy atom. The number of nitrogens with two attached hydrogens (primary N) is 1. The molecule has 2 aromatic rings. The van der Waals surface area contributed by atoms with Gasteiger partial charge in [-0.15, -0.1) is 0 Å². The van der Waals surface area contributed by atoms with Gasteiger partial charge in [-0.25, -0.2) is 9.97 Å². The van der Waals surface area contributed by atoms with Crippen molar-refractivity contribution in [1.29, 1.82) is 0 Å². The van der Waals surface area contributed by atoms with E-state index in [9.17, 15) is 4.79 Å². The lowest BCUT2D eigenvalue weighted by molar-refractivity contribution is 0.103. The first-order chi connectivity index (χ1) is 7.20. The molecule has 5 nitrogen and oxygen atoms in total. The molecule has 0 spiro atoms. The van der Waals surface area contributed by atoms with Gasteiger partial charge in [0.15, 0.2) is 5.82 Å². The number of carbonyl (C=O) groups excluding carboxylic acids is 1. The van der Waals surface area contributed by atoms with E-state index < -0.39 is 0 Å². The van der Waals surface area contributed by atoms with Crippen molar-refractivity contribution in [2.24, 2.45) is 0 Å². The number of imidazole rings is 1. The lowest BCUT2D eigenvalue weighted by Crippen LogP contribution is -2.10. The van der Waals surface area contributed by atoms with Crippen LogP contribution in [0.1, 0.15) is 21.7 Å². The van der Waals surface area contributed by atoms with Gasteiger partial charge in [0.25, 0.3) is 0 Å². The average Bonchev–Trinajstić information content (AvgIpc) is 2.69. The van der Waals surface area contributed by atoms with E-state index in [0.717, 1.165) is 5.56 Å². The zero-order chi connectivity index (χ0) is 10.8. The fraction of sp³-hybridized carbons (Fsp3) is 0.100. The molecule has 0 aliphatic heterocycles. The minimum Gasteiger partial charge on any atom is -0.383 e. The van der Waals surface area contributed by atoms with Crippen molar-refractivity contribution in [3.63, 3.8) is 0 Å². The summed E-state index contributed by atoms with van der Waals surface area (Å²) < 4.78 is 0. The van der Waals surface area contributed by atoms with Crippen molar-refractivity contribution < 1.29 is 4.79 Å². The highest BCUT2D eigenvalue weighted by Crippen LogP contribution is 2.16. The summed E-state index contributed by atoms with van der Waals surface area (Å²) in [6.07, 6.45) is 4.69. The van der Waals surface area contributed by atoms with Gasteiger partial charge in [-0.05, 0) is 18.6 Å². The second-order valence-electron chi connectivity index (χ2n) is 3.15. The maximum atomic E-state index is 11.9. The second kappa shape index (κ2) is 3.53. The number of rotatable bonds is 2. The SMILES string of the molecule is Cc1ccnc(N)c1C(=O)c1ncc[nH]1. The number of nitrogens with zero attached hydrogens (tertiary/aromatic N) is 2. The van der Waals surface area contributed by atoms with Gasteiger partial charge in [0.05, 0.1) is 5.56 Å². The van der Waals surface area contributed by atoms with E-state index in [1.54, 1.807) is 18.5 Å². The lowest BCUT2D eigenvalue weighted by Gasteiger charge is -2.04. The first kappa shape index (κ1) is 9.39. The van der Waals surface area contributed by atoms with Crippen molar-refractivity contribution in [2.45, 2.75) is 6.92 Å². The Bertz CT molecular complexity index is 470. The van der Waals surface area contributed by atoms with Gasteiger partial charge in [-0.3, -0.25) is 4.79 Å². The maximum absolute atomic E-state index is 11.9. The number of hydrogen-bond acceptors (Lipinski definition) is 4. The summed E-state index contributed by atoms with van der Waals surface area (Å²) in [6, 6.07) is 1.74. The molecule has 2 rings (SSSR count). The third-order valence-electron chi connectivity index (χ3n) is 2.13. The molecule has 76 valence electrons. The molecule has 2 aromatic heterocycles. The van der Waals surface area contributed by atoms with Crippen LogP contribution in [-0.2, 0) is 0 Å². The molecule has 0 atom stereocenters. The fourth-order valence-corrected chi connectivity index (χ4v) is 1.38. The van der Waals surface area contributed by atoms with Crippen LogP contribution in [0.5, 0.6) is 0 Å². The molecule has 0 aliphatic carbocycles. The number of pyridine rings is 1. The van der Waals surface area contributed by atoms with Crippen molar-refractivity contribution >= 4 is 11.6 Å². The van der Waals surface area contributed by atoms with E-state index in [-0.39, 0.29) is 17.4 Å². The van der Waals surface area contributed by atoms with Gasteiger partial charge in [-0.2, -0.15) is 0 Å². The molecule has 0 saturated carbocycles. The van der Waals surface area contributed by atoms with E-state index in [0.29, 0.717) is 5.56 Å². The summed E-state index contributed by atoms with van der Waals surface area (Å²) in [7, 11) is 0. The Balaban J connectivity index is 2.51. The Labute approximate surface area is 86.4 Å². The van der Waals surface area contributed by atoms with E-state index in [1.807, 2.05) is 6.92 Å². The number of carbonyl (C=O) groups is 1. The largest absolute Gasteiger partial charge is 0.383 e. The number of aromatic nitrogens is 3. The molecule has 0 saturated heterocycles. The predicted molar refractivity (Wildman–Crippen MR) is 55.4 cm³/mol. The number of ketones is 1. The van der Waals surface area contributed by atoms with Gasteiger partial charge in [0.1, 0.15) is 5.82 Å². The van der Waals surface area contributed by atoms with Crippen molar-refractivity contribution in [3.05, 3.63) is 41.6 Å². The molecule has 0 bridgehead atoms. The number of aryl methyl sites for hydroxylation is 1. The topological polar surface area (TPSA) is 84.7 Å². The first-order valence-corrected chi connectivity index (χ1v) is 4.45. The first-order valence-electron chi connectivity index (χ1n) is 4.45. The van der Waals surface area contributed by atoms with Gasteiger partial charge >= 0.3 is 0 Å². The van der Waals surface area contributed by atoms with Crippen LogP contribution < -0.4 is 5.73 Å². The Morgan fingerprint density at radius 2 is 2.20 bits per heavy atom. The molecule has 0 aliphatic rings. The Kier molecular flexibility index (Phi) is 2.21. The minimum atomic E-state index is -0.233. The molecule has 0 amide bonds. The average molecular weight is 202 g/mol. The Hall–Kier alpha value is -2.17. The number of aromatic amines is 1. The highest BCUT2D eigenvalue weighted by Gasteiger charge is 2.17. The van der Waals surface area contributed by atoms with Crippen LogP contribution in [0.3, 0.4) is 0 Å². The van der Waals surface area contributed by atoms with Gasteiger partial charge in [0, 0.05) is 18.6 Å². The summed E-state index contributed by atoms with van der Waals surface area (Å²) >= 11 is 0. The zero-order valence-electron chi connectivity index (χ0n) is 8.19. The molecule has 3 N–H and O–H groups in total. The molecule has 15 heavy (non-hydrogen) atoms. The molecule has 0 fully saturated rings. The van der Waals surface area contributed by atoms with E-state index >= 15 is 0 Å². The number of hydrogen-bond donors (Lipinski definition) is 2. The van der Waals surface area contributed by atoms with Gasteiger partial charge < -0.3 is 10.7 Å². The number of nitrogen functional groups attached to an aromatic ring is 1. The van der Waals surface area contributed by atoms with E-state index in [2.05, 4.69) is 15.0 Å². The van der Waals surface area contributed by atoms with Gasteiger partial charge in [0.2, 0.25) is 5.78 Å². The van der Waals surface area contributed by atoms with Crippen molar-refractivity contribution in [3.8, 4) is 0 Å². The summed E-state index contributed by atoms with van der Waals surface area (Å²) in [4.78, 5) is 22.5.